The Morgan fingerprint density at radius 3 is 3.11 bits per heavy atom. The molecule has 2 aliphatic rings. The van der Waals surface area contributed by atoms with Crippen molar-refractivity contribution in [2.24, 2.45) is 5.73 Å². The molecule has 1 amide bonds. The van der Waals surface area contributed by atoms with Crippen molar-refractivity contribution < 1.29 is 4.79 Å². The van der Waals surface area contributed by atoms with Crippen LogP contribution in [0.2, 0.25) is 0 Å². The zero-order chi connectivity index (χ0) is 13.1. The number of nitrogens with zero attached hydrogens (tertiary/aromatic N) is 1. The maximum absolute atomic E-state index is 11.2. The first-order valence-corrected chi connectivity index (χ1v) is 7.72. The summed E-state index contributed by atoms with van der Waals surface area (Å²) in [7, 11) is 2.08. The van der Waals surface area contributed by atoms with Crippen LogP contribution in [0.4, 0.5) is 4.79 Å². The molecule has 18 heavy (non-hydrogen) atoms. The Hall–Kier alpha value is -0.340. The molecule has 1 atom stereocenters. The first-order chi connectivity index (χ1) is 8.60. The van der Waals surface area contributed by atoms with Gasteiger partial charge in [-0.3, -0.25) is 9.69 Å². The number of carbonyl (C=O) groups is 1. The Morgan fingerprint density at radius 2 is 2.50 bits per heavy atom. The second-order valence-electron chi connectivity index (χ2n) is 4.04. The molecular formula is C11H15N3OS3. The number of amides is 1. The van der Waals surface area contributed by atoms with E-state index in [9.17, 15) is 4.79 Å². The van der Waals surface area contributed by atoms with E-state index < -0.39 is 0 Å². The van der Waals surface area contributed by atoms with E-state index in [1.54, 1.807) is 11.8 Å². The van der Waals surface area contributed by atoms with Crippen molar-refractivity contribution in [2.45, 2.75) is 11.8 Å². The van der Waals surface area contributed by atoms with Gasteiger partial charge < -0.3 is 11.1 Å². The highest BCUT2D eigenvalue weighted by Crippen LogP contribution is 2.37. The van der Waals surface area contributed by atoms with Crippen molar-refractivity contribution >= 4 is 46.0 Å². The summed E-state index contributed by atoms with van der Waals surface area (Å²) in [5.41, 5.74) is 5.55. The predicted octanol–water partition coefficient (Wildman–Crippen LogP) is 1.89. The lowest BCUT2D eigenvalue weighted by atomic mass is 10.3. The smallest absolute Gasteiger partial charge is 0.289 e. The van der Waals surface area contributed by atoms with E-state index in [0.29, 0.717) is 16.9 Å². The normalized spacial score (nSPS) is 26.1. The van der Waals surface area contributed by atoms with E-state index in [1.165, 1.54) is 4.91 Å². The van der Waals surface area contributed by atoms with Crippen LogP contribution >= 0.6 is 35.7 Å². The van der Waals surface area contributed by atoms with Gasteiger partial charge >= 0.3 is 0 Å². The van der Waals surface area contributed by atoms with Crippen molar-refractivity contribution in [2.75, 3.05) is 20.1 Å². The summed E-state index contributed by atoms with van der Waals surface area (Å²) >= 11 is 8.04. The van der Waals surface area contributed by atoms with Crippen molar-refractivity contribution in [3.05, 3.63) is 22.0 Å². The molecule has 0 spiro atoms. The topological polar surface area (TPSA) is 58.4 Å². The lowest BCUT2D eigenvalue weighted by molar-refractivity contribution is 0.265. The highest BCUT2D eigenvalue weighted by atomic mass is 32.2. The van der Waals surface area contributed by atoms with E-state index in [-0.39, 0.29) is 5.24 Å². The van der Waals surface area contributed by atoms with E-state index in [0.717, 1.165) is 29.6 Å². The van der Waals surface area contributed by atoms with Gasteiger partial charge in [-0.1, -0.05) is 18.3 Å². The van der Waals surface area contributed by atoms with Gasteiger partial charge in [0.15, 0.2) is 0 Å². The molecule has 1 saturated heterocycles. The fourth-order valence-electron chi connectivity index (χ4n) is 1.73. The Morgan fingerprint density at radius 1 is 1.72 bits per heavy atom. The summed E-state index contributed by atoms with van der Waals surface area (Å²) in [6, 6.07) is 0. The van der Waals surface area contributed by atoms with Gasteiger partial charge in [-0.15, -0.1) is 11.8 Å². The molecule has 0 radical (unpaired) electrons. The maximum Gasteiger partial charge on any atom is 0.289 e. The highest BCUT2D eigenvalue weighted by Gasteiger charge is 2.25. The number of nitrogens with two attached hydrogens (primary N) is 1. The van der Waals surface area contributed by atoms with Crippen LogP contribution in [0.15, 0.2) is 22.0 Å². The summed E-state index contributed by atoms with van der Waals surface area (Å²) in [6.07, 6.45) is 5.17. The number of hydrogen-bond donors (Lipinski definition) is 2. The minimum atomic E-state index is -0.0911. The molecule has 3 N–H and O–H groups in total. The molecule has 7 heteroatoms. The largest absolute Gasteiger partial charge is 0.329 e. The van der Waals surface area contributed by atoms with Crippen LogP contribution in [-0.4, -0.2) is 40.6 Å². The minimum Gasteiger partial charge on any atom is -0.329 e. The van der Waals surface area contributed by atoms with Gasteiger partial charge in [-0.05, 0) is 31.3 Å². The molecule has 0 aromatic rings. The first kappa shape index (κ1) is 14.1. The second kappa shape index (κ2) is 6.21. The fraction of sp³-hybridized carbons (Fsp3) is 0.455. The average Bonchev–Trinajstić information content (AvgIpc) is 2.88. The van der Waals surface area contributed by atoms with E-state index in [1.807, 2.05) is 6.08 Å². The van der Waals surface area contributed by atoms with Gasteiger partial charge in [-0.25, -0.2) is 0 Å². The van der Waals surface area contributed by atoms with Crippen LogP contribution in [0.5, 0.6) is 0 Å². The zero-order valence-corrected chi connectivity index (χ0v) is 12.5. The van der Waals surface area contributed by atoms with Crippen LogP contribution in [0.1, 0.15) is 6.42 Å². The van der Waals surface area contributed by atoms with Crippen LogP contribution in [0.3, 0.4) is 0 Å². The summed E-state index contributed by atoms with van der Waals surface area (Å²) in [5.74, 6) is 0. The third-order valence-corrected chi connectivity index (χ3v) is 5.34. The summed E-state index contributed by atoms with van der Waals surface area (Å²) in [4.78, 5) is 16.0. The van der Waals surface area contributed by atoms with Crippen molar-refractivity contribution in [3.63, 3.8) is 0 Å². The molecule has 98 valence electrons. The molecule has 0 saturated carbocycles. The summed E-state index contributed by atoms with van der Waals surface area (Å²) in [6.45, 7) is 1.56. The van der Waals surface area contributed by atoms with Gasteiger partial charge in [0.1, 0.15) is 4.99 Å². The van der Waals surface area contributed by atoms with Gasteiger partial charge in [0.2, 0.25) is 0 Å². The monoisotopic (exact) mass is 301 g/mol. The molecule has 0 aromatic heterocycles. The number of thiocarbonyl (C=S) groups is 1. The lowest BCUT2D eigenvalue weighted by Gasteiger charge is -2.22. The fourth-order valence-corrected chi connectivity index (χ4v) is 4.00. The standard InChI is InChI=1S/C11H15N3OS3/c1-14(5-4-12)9-3-2-7(17-9)6-8-10(16)13-11(15)18-8/h2,6,9H,3-5,12H2,1H3,(H,13,15,16)/b8-6-. The number of allylic oxidation sites excluding steroid dienone is 1. The number of carbonyl (C=O) groups excluding carboxylic acids is 1. The highest BCUT2D eigenvalue weighted by molar-refractivity contribution is 8.19. The van der Waals surface area contributed by atoms with Crippen molar-refractivity contribution in [1.29, 1.82) is 0 Å². The quantitative estimate of drug-likeness (QED) is 0.611. The number of likely N-dealkylation sites (N-methyl/N-ethyl adjacent to an activating group) is 1. The van der Waals surface area contributed by atoms with Crippen molar-refractivity contribution in [1.82, 2.24) is 10.2 Å². The molecule has 1 unspecified atom stereocenters. The summed E-state index contributed by atoms with van der Waals surface area (Å²) in [5, 5.41) is 2.96. The minimum absolute atomic E-state index is 0.0911. The van der Waals surface area contributed by atoms with E-state index in [4.69, 9.17) is 18.0 Å². The molecule has 2 heterocycles. The number of rotatable bonds is 4. The van der Waals surface area contributed by atoms with Gasteiger partial charge in [-0.2, -0.15) is 0 Å². The number of hydrogen-bond acceptors (Lipinski definition) is 6. The summed E-state index contributed by atoms with van der Waals surface area (Å²) < 4.78 is 0. The van der Waals surface area contributed by atoms with E-state index >= 15 is 0 Å². The molecule has 2 rings (SSSR count). The average molecular weight is 301 g/mol. The lowest BCUT2D eigenvalue weighted by Crippen LogP contribution is -2.32. The van der Waals surface area contributed by atoms with Crippen LogP contribution < -0.4 is 11.1 Å². The Balaban J connectivity index is 1.95. The van der Waals surface area contributed by atoms with Gasteiger partial charge in [0.05, 0.1) is 10.3 Å². The molecule has 0 bridgehead atoms. The zero-order valence-electron chi connectivity index (χ0n) is 10.0. The third kappa shape index (κ3) is 3.36. The SMILES string of the molecule is CN(CCN)C1CC=C(/C=C2\SC(=O)NC2=S)S1. The van der Waals surface area contributed by atoms with Gasteiger partial charge in [0, 0.05) is 18.0 Å². The van der Waals surface area contributed by atoms with Gasteiger partial charge in [0.25, 0.3) is 5.24 Å². The number of thioether (sulfide) groups is 2. The molecule has 2 aliphatic heterocycles. The van der Waals surface area contributed by atoms with Crippen LogP contribution in [0.25, 0.3) is 0 Å². The Bertz CT molecular complexity index is 433. The molecule has 0 aliphatic carbocycles. The van der Waals surface area contributed by atoms with Crippen LogP contribution in [0, 0.1) is 0 Å². The molecule has 1 fully saturated rings. The number of nitrogens with one attached hydrogen (secondary N) is 1. The Labute approximate surface area is 120 Å². The maximum atomic E-state index is 11.2. The predicted molar refractivity (Wildman–Crippen MR) is 82.6 cm³/mol. The second-order valence-corrected chi connectivity index (χ2v) is 6.71. The third-order valence-electron chi connectivity index (χ3n) is 2.68. The molecule has 0 aromatic carbocycles. The molecule has 4 nitrogen and oxygen atoms in total. The first-order valence-electron chi connectivity index (χ1n) is 5.62. The molecular weight excluding hydrogens is 286 g/mol. The Kier molecular flexibility index (Phi) is 4.85. The van der Waals surface area contributed by atoms with E-state index in [2.05, 4.69) is 23.3 Å². The van der Waals surface area contributed by atoms with Crippen molar-refractivity contribution in [3.8, 4) is 0 Å². The van der Waals surface area contributed by atoms with Crippen LogP contribution in [-0.2, 0) is 0 Å².